The van der Waals surface area contributed by atoms with Crippen molar-refractivity contribution >= 4 is 23.5 Å². The number of nitrogens with zero attached hydrogens (tertiary/aromatic N) is 2. The molecular formula is C23H26N2O5. The van der Waals surface area contributed by atoms with Crippen LogP contribution in [0, 0.1) is 0 Å². The minimum atomic E-state index is -0.649. The zero-order chi connectivity index (χ0) is 22.1. The van der Waals surface area contributed by atoms with Gasteiger partial charge in [0.1, 0.15) is 23.6 Å². The number of esters is 1. The first-order valence-corrected chi connectivity index (χ1v) is 9.66. The molecule has 0 N–H and O–H groups in total. The molecule has 0 aromatic heterocycles. The summed E-state index contributed by atoms with van der Waals surface area (Å²) >= 11 is 0. The number of carbonyl (C=O) groups excluding carboxylic acids is 3. The average Bonchev–Trinajstić information content (AvgIpc) is 2.82. The molecule has 2 aromatic rings. The van der Waals surface area contributed by atoms with Crippen LogP contribution in [-0.4, -0.2) is 49.1 Å². The topological polar surface area (TPSA) is 76.2 Å². The van der Waals surface area contributed by atoms with Crippen LogP contribution in [-0.2, 0) is 16.0 Å². The summed E-state index contributed by atoms with van der Waals surface area (Å²) in [6, 6.07) is 12.0. The first kappa shape index (κ1) is 21.4. The Bertz CT molecular complexity index is 993. The van der Waals surface area contributed by atoms with Gasteiger partial charge in [-0.2, -0.15) is 0 Å². The van der Waals surface area contributed by atoms with Crippen molar-refractivity contribution in [3.63, 3.8) is 0 Å². The Hall–Kier alpha value is -3.35. The van der Waals surface area contributed by atoms with Crippen molar-refractivity contribution in [3.05, 3.63) is 59.2 Å². The Morgan fingerprint density at radius 3 is 2.43 bits per heavy atom. The number of benzene rings is 2. The zero-order valence-corrected chi connectivity index (χ0v) is 17.9. The number of ether oxygens (including phenoxy) is 2. The quantitative estimate of drug-likeness (QED) is 0.726. The van der Waals surface area contributed by atoms with Crippen LogP contribution in [0.15, 0.2) is 42.5 Å². The maximum atomic E-state index is 13.4. The highest BCUT2D eigenvalue weighted by molar-refractivity contribution is 6.08. The van der Waals surface area contributed by atoms with Crippen molar-refractivity contribution in [3.8, 4) is 5.75 Å². The van der Waals surface area contributed by atoms with Gasteiger partial charge in [0.25, 0.3) is 5.91 Å². The number of carbonyl (C=O) groups is 3. The smallest absolute Gasteiger partial charge is 0.342 e. The molecule has 0 saturated carbocycles. The van der Waals surface area contributed by atoms with Gasteiger partial charge in [-0.1, -0.05) is 18.2 Å². The summed E-state index contributed by atoms with van der Waals surface area (Å²) in [6.45, 7) is 5.47. The van der Waals surface area contributed by atoms with Gasteiger partial charge in [-0.25, -0.2) is 4.79 Å². The second-order valence-electron chi connectivity index (χ2n) is 8.19. The molecule has 0 bridgehead atoms. The van der Waals surface area contributed by atoms with E-state index in [-0.39, 0.29) is 36.2 Å². The Balaban J connectivity index is 1.97. The van der Waals surface area contributed by atoms with Gasteiger partial charge < -0.3 is 14.4 Å². The van der Waals surface area contributed by atoms with Crippen LogP contribution in [0.25, 0.3) is 0 Å². The second kappa shape index (κ2) is 8.18. The second-order valence-corrected chi connectivity index (χ2v) is 8.19. The molecule has 0 saturated heterocycles. The predicted octanol–water partition coefficient (Wildman–Crippen LogP) is 3.27. The lowest BCUT2D eigenvalue weighted by Gasteiger charge is -2.26. The number of methoxy groups -OCH3 is 1. The molecule has 1 aliphatic heterocycles. The molecule has 0 fully saturated rings. The van der Waals surface area contributed by atoms with Gasteiger partial charge in [0.2, 0.25) is 5.91 Å². The third-order valence-corrected chi connectivity index (χ3v) is 4.72. The molecule has 0 atom stereocenters. The molecule has 7 nitrogen and oxygen atoms in total. The van der Waals surface area contributed by atoms with Crippen molar-refractivity contribution in [2.45, 2.75) is 32.8 Å². The summed E-state index contributed by atoms with van der Waals surface area (Å²) in [5.41, 5.74) is 1.42. The molecule has 2 aromatic carbocycles. The Morgan fingerprint density at radius 1 is 1.07 bits per heavy atom. The van der Waals surface area contributed by atoms with Crippen molar-refractivity contribution in [2.24, 2.45) is 0 Å². The molecule has 7 heteroatoms. The monoisotopic (exact) mass is 410 g/mol. The molecular weight excluding hydrogens is 384 g/mol. The number of amides is 2. The number of likely N-dealkylation sites (N-methyl/N-ethyl adjacent to an activating group) is 1. The van der Waals surface area contributed by atoms with E-state index < -0.39 is 11.6 Å². The first-order valence-electron chi connectivity index (χ1n) is 9.66. The fourth-order valence-corrected chi connectivity index (χ4v) is 3.24. The summed E-state index contributed by atoms with van der Waals surface area (Å²) in [5.74, 6) is -0.625. The van der Waals surface area contributed by atoms with Gasteiger partial charge >= 0.3 is 5.97 Å². The Labute approximate surface area is 176 Å². The molecule has 2 amide bonds. The molecule has 0 unspecified atom stereocenters. The van der Waals surface area contributed by atoms with Crippen LogP contribution in [0.1, 0.15) is 47.1 Å². The lowest BCUT2D eigenvalue weighted by atomic mass is 10.1. The summed E-state index contributed by atoms with van der Waals surface area (Å²) in [5, 5.41) is 0. The number of hydrogen-bond acceptors (Lipinski definition) is 5. The van der Waals surface area contributed by atoms with Crippen LogP contribution < -0.4 is 9.64 Å². The van der Waals surface area contributed by atoms with Crippen LogP contribution >= 0.6 is 0 Å². The van der Waals surface area contributed by atoms with Gasteiger partial charge in [0.05, 0.1) is 13.5 Å². The number of anilines is 1. The van der Waals surface area contributed by atoms with Crippen molar-refractivity contribution < 1.29 is 23.9 Å². The van der Waals surface area contributed by atoms with Crippen LogP contribution in [0.3, 0.4) is 0 Å². The summed E-state index contributed by atoms with van der Waals surface area (Å²) < 4.78 is 10.8. The number of para-hydroxylation sites is 1. The van der Waals surface area contributed by atoms with E-state index in [1.807, 2.05) is 24.3 Å². The van der Waals surface area contributed by atoms with Crippen molar-refractivity contribution in [1.82, 2.24) is 4.90 Å². The maximum absolute atomic E-state index is 13.4. The minimum Gasteiger partial charge on any atom is -0.496 e. The molecule has 3 rings (SSSR count). The predicted molar refractivity (Wildman–Crippen MR) is 113 cm³/mol. The zero-order valence-electron chi connectivity index (χ0n) is 17.9. The average molecular weight is 410 g/mol. The Morgan fingerprint density at radius 2 is 1.77 bits per heavy atom. The SMILES string of the molecule is COc1cc(C(=O)N2CN(C)C(=O)Cc3ccccc32)ccc1C(=O)OC(C)(C)C. The van der Waals surface area contributed by atoms with Gasteiger partial charge in [-0.3, -0.25) is 14.5 Å². The molecule has 30 heavy (non-hydrogen) atoms. The number of rotatable bonds is 3. The fourth-order valence-electron chi connectivity index (χ4n) is 3.24. The van der Waals surface area contributed by atoms with E-state index in [1.165, 1.54) is 24.1 Å². The van der Waals surface area contributed by atoms with Gasteiger partial charge in [0.15, 0.2) is 0 Å². The highest BCUT2D eigenvalue weighted by atomic mass is 16.6. The van der Waals surface area contributed by atoms with E-state index in [0.717, 1.165) is 5.56 Å². The number of fused-ring (bicyclic) bond motifs is 1. The molecule has 0 aliphatic carbocycles. The lowest BCUT2D eigenvalue weighted by molar-refractivity contribution is -0.128. The van der Waals surface area contributed by atoms with E-state index in [1.54, 1.807) is 38.8 Å². The third-order valence-electron chi connectivity index (χ3n) is 4.72. The summed E-state index contributed by atoms with van der Waals surface area (Å²) in [6.07, 6.45) is 0.233. The normalized spacial score (nSPS) is 14.1. The molecule has 1 aliphatic rings. The van der Waals surface area contributed by atoms with E-state index in [0.29, 0.717) is 11.3 Å². The third kappa shape index (κ3) is 4.45. The van der Waals surface area contributed by atoms with Crippen molar-refractivity contribution in [1.29, 1.82) is 0 Å². The molecule has 1 heterocycles. The standard InChI is InChI=1S/C23H26N2O5/c1-23(2,3)30-22(28)17-11-10-16(12-19(17)29-5)21(27)25-14-24(4)20(26)13-15-8-6-7-9-18(15)25/h6-12H,13-14H2,1-5H3. The van der Waals surface area contributed by atoms with Crippen LogP contribution in [0.2, 0.25) is 0 Å². The highest BCUT2D eigenvalue weighted by Crippen LogP contribution is 2.29. The van der Waals surface area contributed by atoms with E-state index in [9.17, 15) is 14.4 Å². The maximum Gasteiger partial charge on any atom is 0.342 e. The lowest BCUT2D eigenvalue weighted by Crippen LogP contribution is -2.41. The van der Waals surface area contributed by atoms with Crippen molar-refractivity contribution in [2.75, 3.05) is 25.7 Å². The highest BCUT2D eigenvalue weighted by Gasteiger charge is 2.29. The first-order chi connectivity index (χ1) is 14.1. The molecule has 0 radical (unpaired) electrons. The molecule has 158 valence electrons. The van der Waals surface area contributed by atoms with Gasteiger partial charge in [-0.15, -0.1) is 0 Å². The number of hydrogen-bond donors (Lipinski definition) is 0. The fraction of sp³-hybridized carbons (Fsp3) is 0.348. The summed E-state index contributed by atoms with van der Waals surface area (Å²) in [4.78, 5) is 41.2. The summed E-state index contributed by atoms with van der Waals surface area (Å²) in [7, 11) is 3.10. The van der Waals surface area contributed by atoms with Crippen LogP contribution in [0.5, 0.6) is 5.75 Å². The Kier molecular flexibility index (Phi) is 5.82. The van der Waals surface area contributed by atoms with Gasteiger partial charge in [0, 0.05) is 18.3 Å². The van der Waals surface area contributed by atoms with Crippen LogP contribution in [0.4, 0.5) is 5.69 Å². The minimum absolute atomic E-state index is 0.0596. The molecule has 0 spiro atoms. The largest absolute Gasteiger partial charge is 0.496 e. The van der Waals surface area contributed by atoms with E-state index >= 15 is 0 Å². The van der Waals surface area contributed by atoms with E-state index in [2.05, 4.69) is 0 Å². The van der Waals surface area contributed by atoms with E-state index in [4.69, 9.17) is 9.47 Å². The van der Waals surface area contributed by atoms with Gasteiger partial charge in [-0.05, 0) is 50.6 Å².